The van der Waals surface area contributed by atoms with E-state index in [4.69, 9.17) is 41.9 Å². The summed E-state index contributed by atoms with van der Waals surface area (Å²) >= 11 is 0. The van der Waals surface area contributed by atoms with Crippen molar-refractivity contribution in [3.8, 4) is 11.5 Å². The molecule has 2 fully saturated rings. The number of esters is 4. The van der Waals surface area contributed by atoms with Gasteiger partial charge in [-0.1, -0.05) is 122 Å². The number of anilines is 4. The lowest BCUT2D eigenvalue weighted by Gasteiger charge is -2.27. The van der Waals surface area contributed by atoms with E-state index in [-0.39, 0.29) is 37.0 Å². The van der Waals surface area contributed by atoms with Crippen LogP contribution < -0.4 is 32.4 Å². The zero-order valence-corrected chi connectivity index (χ0v) is 45.0. The summed E-state index contributed by atoms with van der Waals surface area (Å²) in [5, 5.41) is 0. The number of hydrogen-bond acceptors (Lipinski definition) is 12. The maximum absolute atomic E-state index is 12.7. The van der Waals surface area contributed by atoms with Gasteiger partial charge in [0.25, 0.3) is 0 Å². The third-order valence-electron chi connectivity index (χ3n) is 14.4. The average molecular weight is 1030 g/mol. The van der Waals surface area contributed by atoms with Gasteiger partial charge in [-0.25, -0.2) is 9.59 Å². The molecular weight excluding hydrogens is 941 g/mol. The monoisotopic (exact) mass is 1030 g/mol. The third-order valence-corrected chi connectivity index (χ3v) is 14.4. The number of carbonyl (C=O) groups is 4. The average Bonchev–Trinajstić information content (AvgIpc) is 3.39. The van der Waals surface area contributed by atoms with Crippen molar-refractivity contribution in [3.05, 3.63) is 119 Å². The fourth-order valence-corrected chi connectivity index (χ4v) is 10.1. The molecule has 8 N–H and O–H groups in total. The molecule has 0 radical (unpaired) electrons. The first-order valence-corrected chi connectivity index (χ1v) is 28.0. The summed E-state index contributed by atoms with van der Waals surface area (Å²) in [5.74, 6) is 1.47. The molecule has 6 rings (SSSR count). The van der Waals surface area contributed by atoms with E-state index in [1.54, 1.807) is 48.6 Å². The molecule has 0 unspecified atom stereocenters. The number of ether oxygens (including phenoxy) is 4. The van der Waals surface area contributed by atoms with Crippen molar-refractivity contribution in [1.82, 2.24) is 0 Å². The quantitative estimate of drug-likeness (QED) is 0.0145. The molecule has 406 valence electrons. The Kier molecular flexibility index (Phi) is 26.4. The van der Waals surface area contributed by atoms with Crippen molar-refractivity contribution < 1.29 is 38.1 Å². The predicted octanol–water partition coefficient (Wildman–Crippen LogP) is 13.8. The molecular formula is C63H86N4O8. The lowest BCUT2D eigenvalue weighted by molar-refractivity contribution is -0.141. The van der Waals surface area contributed by atoms with Gasteiger partial charge in [0, 0.05) is 47.7 Å². The number of nitrogen functional groups attached to an aromatic ring is 4. The van der Waals surface area contributed by atoms with Crippen molar-refractivity contribution in [2.24, 2.45) is 23.7 Å². The van der Waals surface area contributed by atoms with Gasteiger partial charge in [0.2, 0.25) is 0 Å². The Morgan fingerprint density at radius 3 is 1.13 bits per heavy atom. The predicted molar refractivity (Wildman–Crippen MR) is 304 cm³/mol. The molecule has 2 aliphatic carbocycles. The van der Waals surface area contributed by atoms with Crippen LogP contribution in [0.15, 0.2) is 97.1 Å². The third kappa shape index (κ3) is 23.7. The van der Waals surface area contributed by atoms with Crippen LogP contribution in [0.1, 0.15) is 171 Å². The second-order valence-electron chi connectivity index (χ2n) is 20.7. The minimum atomic E-state index is -0.427. The van der Waals surface area contributed by atoms with Crippen LogP contribution in [-0.2, 0) is 41.5 Å². The topological polar surface area (TPSA) is 209 Å². The summed E-state index contributed by atoms with van der Waals surface area (Å²) in [6.45, 7) is 4.97. The number of hydrogen-bond donors (Lipinski definition) is 4. The van der Waals surface area contributed by atoms with E-state index in [1.807, 2.05) is 48.5 Å². The van der Waals surface area contributed by atoms with E-state index in [0.29, 0.717) is 47.1 Å². The van der Waals surface area contributed by atoms with Gasteiger partial charge in [0.15, 0.2) is 0 Å². The van der Waals surface area contributed by atoms with E-state index < -0.39 is 11.9 Å². The van der Waals surface area contributed by atoms with Crippen LogP contribution in [0, 0.1) is 23.7 Å². The van der Waals surface area contributed by atoms with Gasteiger partial charge in [-0.05, 0) is 158 Å². The molecule has 0 heterocycles. The van der Waals surface area contributed by atoms with E-state index in [1.165, 1.54) is 95.6 Å². The molecule has 4 aromatic carbocycles. The van der Waals surface area contributed by atoms with Crippen molar-refractivity contribution in [3.63, 3.8) is 0 Å². The number of carbonyl (C=O) groups excluding carboxylic acids is 4. The summed E-state index contributed by atoms with van der Waals surface area (Å²) in [4.78, 5) is 49.4. The fraction of sp³-hybridized carbons (Fsp3) is 0.492. The van der Waals surface area contributed by atoms with Gasteiger partial charge < -0.3 is 41.9 Å². The van der Waals surface area contributed by atoms with E-state index in [9.17, 15) is 19.2 Å². The Hall–Kier alpha value is -6.56. The molecule has 12 nitrogen and oxygen atoms in total. The highest BCUT2D eigenvalue weighted by Gasteiger charge is 2.29. The summed E-state index contributed by atoms with van der Waals surface area (Å²) in [6.07, 6.45) is 32.6. The molecule has 4 aromatic rings. The van der Waals surface area contributed by atoms with E-state index in [0.717, 1.165) is 85.5 Å². The molecule has 0 aromatic heterocycles. The van der Waals surface area contributed by atoms with Crippen LogP contribution in [0.2, 0.25) is 0 Å². The first-order valence-electron chi connectivity index (χ1n) is 28.0. The lowest BCUT2D eigenvalue weighted by Crippen LogP contribution is -2.25. The van der Waals surface area contributed by atoms with Gasteiger partial charge in [0.05, 0.1) is 25.0 Å². The summed E-state index contributed by atoms with van der Waals surface area (Å²) < 4.78 is 21.8. The second-order valence-corrected chi connectivity index (χ2v) is 20.7. The van der Waals surface area contributed by atoms with Gasteiger partial charge in [0.1, 0.15) is 11.5 Å². The maximum Gasteiger partial charge on any atom is 0.330 e. The molecule has 75 heavy (non-hydrogen) atoms. The molecule has 0 saturated heterocycles. The first kappa shape index (κ1) is 59.3. The highest BCUT2D eigenvalue weighted by atomic mass is 16.5. The van der Waals surface area contributed by atoms with Crippen molar-refractivity contribution in [1.29, 1.82) is 0 Å². The Morgan fingerprint density at radius 1 is 0.453 bits per heavy atom. The van der Waals surface area contributed by atoms with Gasteiger partial charge in [-0.3, -0.25) is 9.59 Å². The van der Waals surface area contributed by atoms with E-state index in [2.05, 4.69) is 13.8 Å². The van der Waals surface area contributed by atoms with Crippen LogP contribution >= 0.6 is 0 Å². The molecule has 2 aliphatic rings. The Labute approximate surface area is 447 Å². The highest BCUT2D eigenvalue weighted by Crippen LogP contribution is 2.35. The zero-order chi connectivity index (χ0) is 53.6. The van der Waals surface area contributed by atoms with Crippen LogP contribution in [0.4, 0.5) is 22.7 Å². The van der Waals surface area contributed by atoms with Gasteiger partial charge in [-0.2, -0.15) is 0 Å². The minimum absolute atomic E-state index is 0.00514. The SMILES string of the molecule is CCCCCCCC1CCC(C(=O)Oc2ccc(/C=C/C(=O)OCCc3cc(N)cc(N)c3)cc2)CC1.CCCCCCCCC1CCC(C(=O)Oc2ccc(/C=C/C(=O)OCCc3cc(N)cc(N)c3)cc2)CC1. The Bertz CT molecular complexity index is 2360. The molecule has 2 saturated carbocycles. The lowest BCUT2D eigenvalue weighted by atomic mass is 9.80. The zero-order valence-electron chi connectivity index (χ0n) is 45.0. The second kappa shape index (κ2) is 33.4. The summed E-state index contributed by atoms with van der Waals surface area (Å²) in [6, 6.07) is 24.9. The van der Waals surface area contributed by atoms with E-state index >= 15 is 0 Å². The standard InChI is InChI=1S/C32H44N2O4.C31H42N2O4/c1-2-3-4-5-6-7-8-24-9-14-27(15-10-24)32(36)38-30-16-11-25(12-17-30)13-18-31(35)37-20-19-26-21-28(33)23-29(34)22-26;1-2-3-4-5-6-7-23-8-13-26(14-9-23)31(35)37-29-15-10-24(11-16-29)12-17-30(34)36-19-18-25-20-27(32)22-28(33)21-25/h11-13,16-18,21-24,27H,2-10,14-15,19-20,33-34H2,1H3;10-12,15-17,20-23,26H,2-9,13-14,18-19,32-33H2,1H3/b18-13+;17-12+. The molecule has 0 spiro atoms. The summed E-state index contributed by atoms with van der Waals surface area (Å²) in [7, 11) is 0. The maximum atomic E-state index is 12.7. The van der Waals surface area contributed by atoms with Crippen LogP contribution in [0.3, 0.4) is 0 Å². The number of nitrogens with two attached hydrogens (primary N) is 4. The molecule has 0 atom stereocenters. The summed E-state index contributed by atoms with van der Waals surface area (Å²) in [5.41, 5.74) is 29.0. The number of rotatable bonds is 27. The molecule has 0 amide bonds. The van der Waals surface area contributed by atoms with Crippen molar-refractivity contribution in [2.45, 2.75) is 162 Å². The smallest absolute Gasteiger partial charge is 0.330 e. The number of benzene rings is 4. The van der Waals surface area contributed by atoms with Crippen LogP contribution in [-0.4, -0.2) is 37.1 Å². The van der Waals surface area contributed by atoms with Crippen molar-refractivity contribution in [2.75, 3.05) is 36.1 Å². The highest BCUT2D eigenvalue weighted by molar-refractivity contribution is 5.87. The van der Waals surface area contributed by atoms with Gasteiger partial charge in [-0.15, -0.1) is 0 Å². The molecule has 0 bridgehead atoms. The van der Waals surface area contributed by atoms with Crippen LogP contribution in [0.25, 0.3) is 12.2 Å². The number of unbranched alkanes of at least 4 members (excludes halogenated alkanes) is 9. The Morgan fingerprint density at radius 2 is 0.787 bits per heavy atom. The molecule has 0 aliphatic heterocycles. The first-order chi connectivity index (χ1) is 36.3. The Balaban J connectivity index is 0.000000277. The van der Waals surface area contributed by atoms with Crippen LogP contribution in [0.5, 0.6) is 11.5 Å². The fourth-order valence-electron chi connectivity index (χ4n) is 10.1. The minimum Gasteiger partial charge on any atom is -0.462 e. The van der Waals surface area contributed by atoms with Gasteiger partial charge >= 0.3 is 23.9 Å². The molecule has 12 heteroatoms. The van der Waals surface area contributed by atoms with Crippen molar-refractivity contribution >= 4 is 58.8 Å². The largest absolute Gasteiger partial charge is 0.462 e. The normalized spacial score (nSPS) is 17.5.